The molecule has 0 saturated heterocycles. The van der Waals surface area contributed by atoms with E-state index in [9.17, 15) is 14.4 Å². The van der Waals surface area contributed by atoms with Crippen LogP contribution in [0.25, 0.3) is 0 Å². The maximum atomic E-state index is 12.1. The van der Waals surface area contributed by atoms with Crippen LogP contribution in [0.2, 0.25) is 0 Å². The molecule has 2 N–H and O–H groups in total. The fraction of sp³-hybridized carbons (Fsp3) is 0.286. The lowest BCUT2D eigenvalue weighted by Gasteiger charge is -2.14. The molecule has 0 heterocycles. The summed E-state index contributed by atoms with van der Waals surface area (Å²) in [7, 11) is 0. The average molecular weight is 368 g/mol. The number of hydrogen-bond donors (Lipinski definition) is 2. The fourth-order valence-corrected chi connectivity index (χ4v) is 2.37. The Morgan fingerprint density at radius 1 is 0.963 bits per heavy atom. The third-order valence-corrected chi connectivity index (χ3v) is 3.94. The first-order valence-corrected chi connectivity index (χ1v) is 8.88. The third-order valence-electron chi connectivity index (χ3n) is 3.94. The van der Waals surface area contributed by atoms with Crippen LogP contribution in [-0.2, 0) is 32.0 Å². The summed E-state index contributed by atoms with van der Waals surface area (Å²) in [6.07, 6.45) is 0.130. The largest absolute Gasteiger partial charge is 0.451 e. The van der Waals surface area contributed by atoms with Crippen LogP contribution >= 0.6 is 0 Å². The van der Waals surface area contributed by atoms with Crippen molar-refractivity contribution in [2.24, 2.45) is 0 Å². The summed E-state index contributed by atoms with van der Waals surface area (Å²) in [5.41, 5.74) is 2.65. The molecule has 2 aromatic rings. The molecule has 27 heavy (non-hydrogen) atoms. The molecule has 2 rings (SSSR count). The van der Waals surface area contributed by atoms with Gasteiger partial charge in [-0.3, -0.25) is 14.4 Å². The number of amides is 2. The lowest BCUT2D eigenvalue weighted by molar-refractivity contribution is -0.152. The molecular formula is C21H24N2O4. The van der Waals surface area contributed by atoms with Crippen molar-refractivity contribution < 1.29 is 19.1 Å². The van der Waals surface area contributed by atoms with E-state index >= 15 is 0 Å². The monoisotopic (exact) mass is 368 g/mol. The lowest BCUT2D eigenvalue weighted by atomic mass is 10.1. The highest BCUT2D eigenvalue weighted by atomic mass is 16.5. The van der Waals surface area contributed by atoms with Gasteiger partial charge in [0.15, 0.2) is 6.10 Å². The Morgan fingerprint density at radius 2 is 1.63 bits per heavy atom. The maximum Gasteiger partial charge on any atom is 0.326 e. The number of aryl methyl sites for hydroxylation is 1. The van der Waals surface area contributed by atoms with Gasteiger partial charge in [-0.05, 0) is 36.6 Å². The topological polar surface area (TPSA) is 84.5 Å². The highest BCUT2D eigenvalue weighted by Gasteiger charge is 2.18. The van der Waals surface area contributed by atoms with Gasteiger partial charge in [0.1, 0.15) is 6.54 Å². The second-order valence-corrected chi connectivity index (χ2v) is 6.11. The number of nitrogens with one attached hydrogen (secondary N) is 2. The normalized spacial score (nSPS) is 11.3. The smallest absolute Gasteiger partial charge is 0.326 e. The van der Waals surface area contributed by atoms with Crippen molar-refractivity contribution >= 4 is 23.5 Å². The molecule has 0 saturated carbocycles. The SMILES string of the molecule is CCc1ccc(NC(=O)[C@@H](C)OC(=O)CNC(=O)Cc2ccccc2)cc1. The van der Waals surface area contributed by atoms with Crippen molar-refractivity contribution in [3.63, 3.8) is 0 Å². The molecule has 0 spiro atoms. The minimum Gasteiger partial charge on any atom is -0.451 e. The fourth-order valence-electron chi connectivity index (χ4n) is 2.37. The van der Waals surface area contributed by atoms with Gasteiger partial charge in [0.2, 0.25) is 5.91 Å². The molecule has 1 atom stereocenters. The Labute approximate surface area is 158 Å². The van der Waals surface area contributed by atoms with Crippen LogP contribution in [0.5, 0.6) is 0 Å². The van der Waals surface area contributed by atoms with Gasteiger partial charge in [0.25, 0.3) is 5.91 Å². The first kappa shape index (κ1) is 20.2. The standard InChI is InChI=1S/C21H24N2O4/c1-3-16-9-11-18(12-10-16)23-21(26)15(2)27-20(25)14-22-19(24)13-17-7-5-4-6-8-17/h4-12,15H,3,13-14H2,1-2H3,(H,22,24)(H,23,26)/t15-/m1/s1. The highest BCUT2D eigenvalue weighted by Crippen LogP contribution is 2.10. The van der Waals surface area contributed by atoms with E-state index in [0.717, 1.165) is 12.0 Å². The number of carbonyl (C=O) groups is 3. The van der Waals surface area contributed by atoms with Gasteiger partial charge in [0.05, 0.1) is 6.42 Å². The van der Waals surface area contributed by atoms with E-state index in [1.54, 1.807) is 12.1 Å². The molecular weight excluding hydrogens is 344 g/mol. The molecule has 0 aliphatic carbocycles. The minimum absolute atomic E-state index is 0.178. The highest BCUT2D eigenvalue weighted by molar-refractivity contribution is 5.95. The predicted molar refractivity (Wildman–Crippen MR) is 103 cm³/mol. The number of ether oxygens (including phenoxy) is 1. The van der Waals surface area contributed by atoms with Gasteiger partial charge in [-0.1, -0.05) is 49.4 Å². The number of esters is 1. The molecule has 2 aromatic carbocycles. The van der Waals surface area contributed by atoms with Crippen molar-refractivity contribution in [1.82, 2.24) is 5.32 Å². The Kier molecular flexibility index (Phi) is 7.55. The second-order valence-electron chi connectivity index (χ2n) is 6.11. The van der Waals surface area contributed by atoms with Crippen LogP contribution in [0.4, 0.5) is 5.69 Å². The van der Waals surface area contributed by atoms with Crippen LogP contribution in [0.15, 0.2) is 54.6 Å². The summed E-state index contributed by atoms with van der Waals surface area (Å²) in [5, 5.41) is 5.18. The number of rotatable bonds is 8. The third kappa shape index (κ3) is 6.93. The summed E-state index contributed by atoms with van der Waals surface area (Å²) < 4.78 is 5.06. The molecule has 6 nitrogen and oxygen atoms in total. The lowest BCUT2D eigenvalue weighted by Crippen LogP contribution is -2.36. The quantitative estimate of drug-likeness (QED) is 0.701. The van der Waals surface area contributed by atoms with Crippen molar-refractivity contribution in [1.29, 1.82) is 0 Å². The van der Waals surface area contributed by atoms with E-state index in [4.69, 9.17) is 4.74 Å². The van der Waals surface area contributed by atoms with Crippen molar-refractivity contribution in [3.8, 4) is 0 Å². The Balaban J connectivity index is 1.73. The van der Waals surface area contributed by atoms with Crippen molar-refractivity contribution in [2.75, 3.05) is 11.9 Å². The van der Waals surface area contributed by atoms with Crippen molar-refractivity contribution in [2.45, 2.75) is 32.8 Å². The summed E-state index contributed by atoms with van der Waals surface area (Å²) in [6.45, 7) is 3.25. The van der Waals surface area contributed by atoms with E-state index in [2.05, 4.69) is 10.6 Å². The van der Waals surface area contributed by atoms with Crippen LogP contribution in [0, 0.1) is 0 Å². The van der Waals surface area contributed by atoms with Crippen LogP contribution in [0.1, 0.15) is 25.0 Å². The number of anilines is 1. The van der Waals surface area contributed by atoms with Gasteiger partial charge in [-0.2, -0.15) is 0 Å². The first-order chi connectivity index (χ1) is 13.0. The molecule has 2 amide bonds. The summed E-state index contributed by atoms with van der Waals surface area (Å²) in [5.74, 6) is -1.38. The zero-order valence-corrected chi connectivity index (χ0v) is 15.5. The van der Waals surface area contributed by atoms with Gasteiger partial charge in [-0.15, -0.1) is 0 Å². The Bertz CT molecular complexity index is 773. The van der Waals surface area contributed by atoms with Gasteiger partial charge in [0, 0.05) is 5.69 Å². The molecule has 0 radical (unpaired) electrons. The van der Waals surface area contributed by atoms with Crippen LogP contribution in [0.3, 0.4) is 0 Å². The van der Waals surface area contributed by atoms with Crippen LogP contribution in [-0.4, -0.2) is 30.4 Å². The Hall–Kier alpha value is -3.15. The summed E-state index contributed by atoms with van der Waals surface area (Å²) >= 11 is 0. The zero-order valence-electron chi connectivity index (χ0n) is 15.5. The maximum absolute atomic E-state index is 12.1. The second kappa shape index (κ2) is 10.1. The number of benzene rings is 2. The molecule has 0 aliphatic rings. The molecule has 0 aromatic heterocycles. The minimum atomic E-state index is -0.964. The number of hydrogen-bond acceptors (Lipinski definition) is 4. The number of carbonyl (C=O) groups excluding carboxylic acids is 3. The summed E-state index contributed by atoms with van der Waals surface area (Å²) in [4.78, 5) is 35.8. The van der Waals surface area contributed by atoms with Gasteiger partial charge >= 0.3 is 5.97 Å². The van der Waals surface area contributed by atoms with E-state index in [-0.39, 0.29) is 18.9 Å². The molecule has 0 unspecified atom stereocenters. The van der Waals surface area contributed by atoms with Gasteiger partial charge in [-0.25, -0.2) is 0 Å². The molecule has 142 valence electrons. The Morgan fingerprint density at radius 3 is 2.26 bits per heavy atom. The van der Waals surface area contributed by atoms with E-state index in [1.807, 2.05) is 49.4 Å². The van der Waals surface area contributed by atoms with E-state index in [0.29, 0.717) is 5.69 Å². The molecule has 0 aliphatic heterocycles. The molecule has 0 fully saturated rings. The first-order valence-electron chi connectivity index (χ1n) is 8.88. The molecule has 0 bridgehead atoms. The summed E-state index contributed by atoms with van der Waals surface area (Å²) in [6, 6.07) is 16.7. The van der Waals surface area contributed by atoms with E-state index in [1.165, 1.54) is 12.5 Å². The van der Waals surface area contributed by atoms with Gasteiger partial charge < -0.3 is 15.4 Å². The van der Waals surface area contributed by atoms with Crippen LogP contribution < -0.4 is 10.6 Å². The van der Waals surface area contributed by atoms with Crippen molar-refractivity contribution in [3.05, 3.63) is 65.7 Å². The van der Waals surface area contributed by atoms with E-state index < -0.39 is 18.0 Å². The zero-order chi connectivity index (χ0) is 19.6. The molecule has 6 heteroatoms. The predicted octanol–water partition coefficient (Wildman–Crippen LogP) is 2.48. The average Bonchev–Trinajstić information content (AvgIpc) is 2.67.